The van der Waals surface area contributed by atoms with Gasteiger partial charge in [-0.1, -0.05) is 20.8 Å². The van der Waals surface area contributed by atoms with E-state index < -0.39 is 0 Å². The average Bonchev–Trinajstić information content (AvgIpc) is 2.75. The van der Waals surface area contributed by atoms with Crippen molar-refractivity contribution in [2.45, 2.75) is 66.5 Å². The SMILES string of the molecule is CCc1nc(N(C)CCC(C)C)sc1CNC(C)(C)C. The fourth-order valence-corrected chi connectivity index (χ4v) is 2.92. The Bertz CT molecular complexity index is 404. The third-order valence-electron chi connectivity index (χ3n) is 3.25. The molecular formula is C16H31N3S. The highest BCUT2D eigenvalue weighted by atomic mass is 32.1. The van der Waals surface area contributed by atoms with Crippen molar-refractivity contribution in [2.24, 2.45) is 5.92 Å². The summed E-state index contributed by atoms with van der Waals surface area (Å²) in [5.74, 6) is 0.741. The number of thiazole rings is 1. The van der Waals surface area contributed by atoms with Crippen LogP contribution in [0.3, 0.4) is 0 Å². The molecule has 0 aliphatic heterocycles. The second-order valence-corrected chi connectivity index (χ2v) is 7.99. The molecule has 0 saturated heterocycles. The number of hydrogen-bond acceptors (Lipinski definition) is 4. The molecule has 1 heterocycles. The molecule has 0 spiro atoms. The lowest BCUT2D eigenvalue weighted by atomic mass is 10.1. The molecule has 116 valence electrons. The fraction of sp³-hybridized carbons (Fsp3) is 0.812. The Hall–Kier alpha value is -0.610. The summed E-state index contributed by atoms with van der Waals surface area (Å²) in [6.07, 6.45) is 2.22. The number of anilines is 1. The van der Waals surface area contributed by atoms with Crippen LogP contribution in [0.4, 0.5) is 5.13 Å². The van der Waals surface area contributed by atoms with Crippen LogP contribution in [0, 0.1) is 5.92 Å². The smallest absolute Gasteiger partial charge is 0.185 e. The molecule has 1 N–H and O–H groups in total. The van der Waals surface area contributed by atoms with Crippen molar-refractivity contribution in [3.05, 3.63) is 10.6 Å². The Morgan fingerprint density at radius 1 is 1.30 bits per heavy atom. The van der Waals surface area contributed by atoms with Gasteiger partial charge < -0.3 is 10.2 Å². The molecular weight excluding hydrogens is 266 g/mol. The zero-order valence-corrected chi connectivity index (χ0v) is 15.0. The van der Waals surface area contributed by atoms with E-state index in [0.717, 1.165) is 30.6 Å². The molecule has 1 aromatic rings. The first-order valence-electron chi connectivity index (χ1n) is 7.67. The highest BCUT2D eigenvalue weighted by Crippen LogP contribution is 2.27. The zero-order chi connectivity index (χ0) is 15.3. The molecule has 0 aromatic carbocycles. The predicted molar refractivity (Wildman–Crippen MR) is 90.8 cm³/mol. The van der Waals surface area contributed by atoms with Gasteiger partial charge in [-0.25, -0.2) is 4.98 Å². The number of hydrogen-bond donors (Lipinski definition) is 1. The summed E-state index contributed by atoms with van der Waals surface area (Å²) in [4.78, 5) is 8.49. The van der Waals surface area contributed by atoms with Crippen LogP contribution < -0.4 is 10.2 Å². The van der Waals surface area contributed by atoms with Crippen molar-refractivity contribution in [2.75, 3.05) is 18.5 Å². The van der Waals surface area contributed by atoms with E-state index in [2.05, 4.69) is 58.8 Å². The van der Waals surface area contributed by atoms with E-state index in [1.165, 1.54) is 17.0 Å². The molecule has 1 rings (SSSR count). The molecule has 0 atom stereocenters. The van der Waals surface area contributed by atoms with Crippen LogP contribution in [0.2, 0.25) is 0 Å². The van der Waals surface area contributed by atoms with E-state index in [1.54, 1.807) is 0 Å². The van der Waals surface area contributed by atoms with E-state index in [1.807, 2.05) is 11.3 Å². The van der Waals surface area contributed by atoms with Gasteiger partial charge in [0.2, 0.25) is 0 Å². The molecule has 0 bridgehead atoms. The Balaban J connectivity index is 2.72. The van der Waals surface area contributed by atoms with Gasteiger partial charge >= 0.3 is 0 Å². The minimum atomic E-state index is 0.151. The maximum Gasteiger partial charge on any atom is 0.185 e. The van der Waals surface area contributed by atoms with Crippen LogP contribution in [-0.4, -0.2) is 24.1 Å². The largest absolute Gasteiger partial charge is 0.351 e. The molecule has 4 heteroatoms. The van der Waals surface area contributed by atoms with Gasteiger partial charge in [-0.2, -0.15) is 0 Å². The summed E-state index contributed by atoms with van der Waals surface area (Å²) < 4.78 is 0. The first-order chi connectivity index (χ1) is 9.23. The van der Waals surface area contributed by atoms with Crippen molar-refractivity contribution in [1.29, 1.82) is 0 Å². The van der Waals surface area contributed by atoms with Crippen LogP contribution in [0.15, 0.2) is 0 Å². The molecule has 0 unspecified atom stereocenters. The van der Waals surface area contributed by atoms with Gasteiger partial charge in [0.05, 0.1) is 5.69 Å². The van der Waals surface area contributed by atoms with Gasteiger partial charge in [0.15, 0.2) is 5.13 Å². The van der Waals surface area contributed by atoms with Crippen LogP contribution in [-0.2, 0) is 13.0 Å². The minimum absolute atomic E-state index is 0.151. The van der Waals surface area contributed by atoms with E-state index >= 15 is 0 Å². The van der Waals surface area contributed by atoms with Gasteiger partial charge in [-0.15, -0.1) is 11.3 Å². The lowest BCUT2D eigenvalue weighted by Crippen LogP contribution is -2.35. The fourth-order valence-electron chi connectivity index (χ4n) is 1.84. The normalized spacial score (nSPS) is 12.2. The number of nitrogens with zero attached hydrogens (tertiary/aromatic N) is 2. The predicted octanol–water partition coefficient (Wildman–Crippen LogP) is 4.08. The molecule has 0 fully saturated rings. The monoisotopic (exact) mass is 297 g/mol. The maximum atomic E-state index is 4.81. The standard InChI is InChI=1S/C16H31N3S/c1-8-13-14(11-17-16(4,5)6)20-15(18-13)19(7)10-9-12(2)3/h12,17H,8-11H2,1-7H3. The number of aromatic nitrogens is 1. The Morgan fingerprint density at radius 3 is 2.45 bits per heavy atom. The minimum Gasteiger partial charge on any atom is -0.351 e. The highest BCUT2D eigenvalue weighted by Gasteiger charge is 2.15. The Labute approximate surface area is 128 Å². The average molecular weight is 298 g/mol. The number of nitrogens with one attached hydrogen (secondary N) is 1. The molecule has 0 saturated carbocycles. The summed E-state index contributed by atoms with van der Waals surface area (Å²) in [5.41, 5.74) is 1.40. The van der Waals surface area contributed by atoms with Crippen LogP contribution in [0.5, 0.6) is 0 Å². The van der Waals surface area contributed by atoms with Crippen molar-refractivity contribution in [3.8, 4) is 0 Å². The van der Waals surface area contributed by atoms with E-state index in [-0.39, 0.29) is 5.54 Å². The first-order valence-corrected chi connectivity index (χ1v) is 8.49. The van der Waals surface area contributed by atoms with E-state index in [9.17, 15) is 0 Å². The molecule has 3 nitrogen and oxygen atoms in total. The zero-order valence-electron chi connectivity index (χ0n) is 14.2. The van der Waals surface area contributed by atoms with Crippen molar-refractivity contribution in [3.63, 3.8) is 0 Å². The molecule has 0 aliphatic carbocycles. The Morgan fingerprint density at radius 2 is 1.95 bits per heavy atom. The third-order valence-corrected chi connectivity index (χ3v) is 4.46. The number of aryl methyl sites for hydroxylation is 1. The lowest BCUT2D eigenvalue weighted by Gasteiger charge is -2.20. The van der Waals surface area contributed by atoms with Crippen molar-refractivity contribution in [1.82, 2.24) is 10.3 Å². The van der Waals surface area contributed by atoms with Crippen LogP contribution in [0.1, 0.15) is 58.5 Å². The van der Waals surface area contributed by atoms with Gasteiger partial charge in [0.25, 0.3) is 0 Å². The topological polar surface area (TPSA) is 28.2 Å². The summed E-state index contributed by atoms with van der Waals surface area (Å²) in [6.45, 7) is 15.3. The van der Waals surface area contributed by atoms with Crippen molar-refractivity contribution >= 4 is 16.5 Å². The quantitative estimate of drug-likeness (QED) is 0.822. The van der Waals surface area contributed by atoms with Gasteiger partial charge in [0.1, 0.15) is 0 Å². The molecule has 20 heavy (non-hydrogen) atoms. The molecule has 0 radical (unpaired) electrons. The third kappa shape index (κ3) is 5.80. The highest BCUT2D eigenvalue weighted by molar-refractivity contribution is 7.15. The van der Waals surface area contributed by atoms with E-state index in [4.69, 9.17) is 4.98 Å². The van der Waals surface area contributed by atoms with Gasteiger partial charge in [-0.05, 0) is 39.5 Å². The summed E-state index contributed by atoms with van der Waals surface area (Å²) in [7, 11) is 2.15. The second-order valence-electron chi connectivity index (χ2n) is 6.93. The Kier molecular flexibility index (Phi) is 6.46. The van der Waals surface area contributed by atoms with Crippen molar-refractivity contribution < 1.29 is 0 Å². The summed E-state index contributed by atoms with van der Waals surface area (Å²) >= 11 is 1.84. The maximum absolute atomic E-state index is 4.81. The lowest BCUT2D eigenvalue weighted by molar-refractivity contribution is 0.425. The number of rotatable bonds is 7. The second kappa shape index (κ2) is 7.41. The van der Waals surface area contributed by atoms with E-state index in [0.29, 0.717) is 0 Å². The molecule has 0 amide bonds. The summed E-state index contributed by atoms with van der Waals surface area (Å²) in [6, 6.07) is 0. The van der Waals surface area contributed by atoms with Gasteiger partial charge in [0, 0.05) is 30.6 Å². The summed E-state index contributed by atoms with van der Waals surface area (Å²) in [5, 5.41) is 4.73. The van der Waals surface area contributed by atoms with Gasteiger partial charge in [-0.3, -0.25) is 0 Å². The van der Waals surface area contributed by atoms with Crippen LogP contribution >= 0.6 is 11.3 Å². The molecule has 0 aliphatic rings. The first kappa shape index (κ1) is 17.4. The molecule has 1 aromatic heterocycles. The van der Waals surface area contributed by atoms with Crippen LogP contribution in [0.25, 0.3) is 0 Å².